The van der Waals surface area contributed by atoms with Crippen molar-refractivity contribution in [2.24, 2.45) is 0 Å². The van der Waals surface area contributed by atoms with Crippen LogP contribution in [0.25, 0.3) is 0 Å². The zero-order chi connectivity index (χ0) is 15.7. The van der Waals surface area contributed by atoms with Gasteiger partial charge >= 0.3 is 12.0 Å². The Kier molecular flexibility index (Phi) is 4.46. The second-order valence-electron chi connectivity index (χ2n) is 6.26. The number of sulfone groups is 1. The van der Waals surface area contributed by atoms with Crippen molar-refractivity contribution in [3.8, 4) is 0 Å². The molecule has 0 aromatic heterocycles. The lowest BCUT2D eigenvalue weighted by Crippen LogP contribution is -2.58. The third-order valence-corrected chi connectivity index (χ3v) is 6.01. The second-order valence-corrected chi connectivity index (χ2v) is 8.49. The molecule has 0 aromatic rings. The van der Waals surface area contributed by atoms with Gasteiger partial charge in [0.15, 0.2) is 9.84 Å². The number of carbonyl (C=O) groups is 2. The number of nitrogens with zero attached hydrogens (tertiary/aromatic N) is 1. The van der Waals surface area contributed by atoms with Gasteiger partial charge in [0.25, 0.3) is 0 Å². The average molecular weight is 318 g/mol. The minimum atomic E-state index is -3.27. The van der Waals surface area contributed by atoms with Crippen molar-refractivity contribution < 1.29 is 23.1 Å². The van der Waals surface area contributed by atoms with Gasteiger partial charge in [0.05, 0.1) is 24.0 Å². The fourth-order valence-corrected chi connectivity index (χ4v) is 4.66. The van der Waals surface area contributed by atoms with E-state index in [1.807, 2.05) is 6.92 Å². The van der Waals surface area contributed by atoms with Gasteiger partial charge in [0.2, 0.25) is 0 Å². The molecular weight excluding hydrogens is 296 g/mol. The Hall–Kier alpha value is -1.31. The van der Waals surface area contributed by atoms with E-state index in [0.717, 1.165) is 25.7 Å². The molecule has 2 amide bonds. The molecule has 2 fully saturated rings. The van der Waals surface area contributed by atoms with Crippen LogP contribution in [0.2, 0.25) is 0 Å². The van der Waals surface area contributed by atoms with Crippen LogP contribution in [0.3, 0.4) is 0 Å². The molecule has 1 saturated carbocycles. The summed E-state index contributed by atoms with van der Waals surface area (Å²) in [4.78, 5) is 24.7. The highest BCUT2D eigenvalue weighted by Crippen LogP contribution is 2.29. The number of amides is 2. The Balaban J connectivity index is 2.08. The molecule has 0 radical (unpaired) electrons. The van der Waals surface area contributed by atoms with Gasteiger partial charge in [-0.15, -0.1) is 0 Å². The molecule has 7 nitrogen and oxygen atoms in total. The first-order valence-electron chi connectivity index (χ1n) is 7.22. The Morgan fingerprint density at radius 1 is 1.33 bits per heavy atom. The van der Waals surface area contributed by atoms with Gasteiger partial charge in [-0.2, -0.15) is 0 Å². The SMILES string of the molecule is CC1(NC(=O)N2CCS(=O)(=O)CC2CC(=O)O)CCCC1. The van der Waals surface area contributed by atoms with Crippen molar-refractivity contribution >= 4 is 21.8 Å². The summed E-state index contributed by atoms with van der Waals surface area (Å²) in [5, 5.41) is 11.9. The van der Waals surface area contributed by atoms with E-state index < -0.39 is 21.8 Å². The normalized spacial score (nSPS) is 27.3. The standard InChI is InChI=1S/C13H22N2O5S/c1-13(4-2-3-5-13)14-12(18)15-6-7-21(19,20)9-10(15)8-11(16)17/h10H,2-9H2,1H3,(H,14,18)(H,16,17). The molecular formula is C13H22N2O5S. The largest absolute Gasteiger partial charge is 0.481 e. The van der Waals surface area contributed by atoms with Crippen molar-refractivity contribution in [3.05, 3.63) is 0 Å². The molecule has 2 aliphatic rings. The molecule has 1 heterocycles. The van der Waals surface area contributed by atoms with E-state index in [0.29, 0.717) is 0 Å². The predicted octanol–water partition coefficient (Wildman–Crippen LogP) is 0.602. The van der Waals surface area contributed by atoms with Crippen molar-refractivity contribution in [2.75, 3.05) is 18.1 Å². The molecule has 1 atom stereocenters. The maximum atomic E-state index is 12.4. The number of aliphatic carboxylic acids is 1. The molecule has 1 aliphatic carbocycles. The van der Waals surface area contributed by atoms with Gasteiger partial charge in [0.1, 0.15) is 0 Å². The average Bonchev–Trinajstić information content (AvgIpc) is 2.73. The van der Waals surface area contributed by atoms with Crippen LogP contribution in [0, 0.1) is 0 Å². The zero-order valence-electron chi connectivity index (χ0n) is 12.2. The van der Waals surface area contributed by atoms with Gasteiger partial charge in [-0.05, 0) is 19.8 Å². The Morgan fingerprint density at radius 2 is 1.95 bits per heavy atom. The van der Waals surface area contributed by atoms with Crippen LogP contribution in [0.5, 0.6) is 0 Å². The van der Waals surface area contributed by atoms with E-state index in [4.69, 9.17) is 5.11 Å². The minimum Gasteiger partial charge on any atom is -0.481 e. The number of urea groups is 1. The molecule has 1 aliphatic heterocycles. The van der Waals surface area contributed by atoms with Gasteiger partial charge in [-0.25, -0.2) is 13.2 Å². The molecule has 8 heteroatoms. The Bertz CT molecular complexity index is 525. The summed E-state index contributed by atoms with van der Waals surface area (Å²) in [7, 11) is -3.27. The van der Waals surface area contributed by atoms with Crippen molar-refractivity contribution in [3.63, 3.8) is 0 Å². The lowest BCUT2D eigenvalue weighted by molar-refractivity contribution is -0.138. The highest BCUT2D eigenvalue weighted by Gasteiger charge is 2.38. The molecule has 21 heavy (non-hydrogen) atoms. The number of hydrogen-bond acceptors (Lipinski definition) is 4. The Labute approximate surface area is 124 Å². The molecule has 1 unspecified atom stereocenters. The molecule has 1 saturated heterocycles. The smallest absolute Gasteiger partial charge is 0.318 e. The number of carbonyl (C=O) groups excluding carboxylic acids is 1. The first-order valence-corrected chi connectivity index (χ1v) is 9.04. The molecule has 0 bridgehead atoms. The maximum Gasteiger partial charge on any atom is 0.318 e. The topological polar surface area (TPSA) is 104 Å². The summed E-state index contributed by atoms with van der Waals surface area (Å²) < 4.78 is 23.3. The van der Waals surface area contributed by atoms with Gasteiger partial charge in [-0.1, -0.05) is 12.8 Å². The monoisotopic (exact) mass is 318 g/mol. The molecule has 0 aromatic carbocycles. The summed E-state index contributed by atoms with van der Waals surface area (Å²) in [6.45, 7) is 2.03. The van der Waals surface area contributed by atoms with Crippen LogP contribution in [0.1, 0.15) is 39.0 Å². The van der Waals surface area contributed by atoms with E-state index in [-0.39, 0.29) is 36.0 Å². The fourth-order valence-electron chi connectivity index (χ4n) is 3.13. The number of nitrogens with one attached hydrogen (secondary N) is 1. The van der Waals surface area contributed by atoms with Crippen LogP contribution in [-0.2, 0) is 14.6 Å². The second kappa shape index (κ2) is 5.82. The summed E-state index contributed by atoms with van der Waals surface area (Å²) in [5.41, 5.74) is -0.263. The fraction of sp³-hybridized carbons (Fsp3) is 0.846. The van der Waals surface area contributed by atoms with E-state index in [1.165, 1.54) is 4.90 Å². The quantitative estimate of drug-likeness (QED) is 0.793. The number of carboxylic acid groups (broad SMARTS) is 1. The van der Waals surface area contributed by atoms with Gasteiger partial charge in [-0.3, -0.25) is 4.79 Å². The minimum absolute atomic E-state index is 0.0577. The first kappa shape index (κ1) is 16.1. The summed E-state index contributed by atoms with van der Waals surface area (Å²) in [6, 6.07) is -1.13. The summed E-state index contributed by atoms with van der Waals surface area (Å²) in [6.07, 6.45) is 3.57. The third kappa shape index (κ3) is 4.09. The summed E-state index contributed by atoms with van der Waals surface area (Å²) >= 11 is 0. The van der Waals surface area contributed by atoms with Crippen molar-refractivity contribution in [2.45, 2.75) is 50.6 Å². The van der Waals surface area contributed by atoms with Gasteiger partial charge in [0, 0.05) is 12.1 Å². The number of carboxylic acids is 1. The first-order chi connectivity index (χ1) is 9.71. The number of hydrogen-bond donors (Lipinski definition) is 2. The number of rotatable bonds is 3. The van der Waals surface area contributed by atoms with E-state index >= 15 is 0 Å². The molecule has 2 rings (SSSR count). The maximum absolute atomic E-state index is 12.4. The predicted molar refractivity (Wildman–Crippen MR) is 76.8 cm³/mol. The third-order valence-electron chi connectivity index (χ3n) is 4.32. The molecule has 2 N–H and O–H groups in total. The van der Waals surface area contributed by atoms with E-state index in [2.05, 4.69) is 5.32 Å². The van der Waals surface area contributed by atoms with Crippen LogP contribution in [-0.4, -0.2) is 60.1 Å². The summed E-state index contributed by atoms with van der Waals surface area (Å²) in [5.74, 6) is -1.47. The lowest BCUT2D eigenvalue weighted by Gasteiger charge is -2.37. The van der Waals surface area contributed by atoms with E-state index in [1.54, 1.807) is 0 Å². The lowest BCUT2D eigenvalue weighted by atomic mass is 10.0. The van der Waals surface area contributed by atoms with Crippen molar-refractivity contribution in [1.82, 2.24) is 10.2 Å². The molecule has 120 valence electrons. The van der Waals surface area contributed by atoms with E-state index in [9.17, 15) is 18.0 Å². The Morgan fingerprint density at radius 3 is 2.52 bits per heavy atom. The molecule has 0 spiro atoms. The van der Waals surface area contributed by atoms with Crippen LogP contribution in [0.15, 0.2) is 0 Å². The highest BCUT2D eigenvalue weighted by atomic mass is 32.2. The van der Waals surface area contributed by atoms with Crippen LogP contribution in [0.4, 0.5) is 4.79 Å². The van der Waals surface area contributed by atoms with Crippen LogP contribution >= 0.6 is 0 Å². The highest BCUT2D eigenvalue weighted by molar-refractivity contribution is 7.91. The van der Waals surface area contributed by atoms with Crippen molar-refractivity contribution in [1.29, 1.82) is 0 Å². The zero-order valence-corrected chi connectivity index (χ0v) is 13.0. The van der Waals surface area contributed by atoms with Gasteiger partial charge < -0.3 is 15.3 Å². The van der Waals surface area contributed by atoms with Crippen LogP contribution < -0.4 is 5.32 Å².